The average molecular weight is 347 g/mol. The molecule has 6 heteroatoms. The van der Waals surface area contributed by atoms with Crippen molar-refractivity contribution in [2.24, 2.45) is 0 Å². The van der Waals surface area contributed by atoms with Crippen molar-refractivity contribution in [1.29, 1.82) is 0 Å². The lowest BCUT2D eigenvalue weighted by Crippen LogP contribution is -1.97. The van der Waals surface area contributed by atoms with Crippen molar-refractivity contribution in [3.63, 3.8) is 0 Å². The molecule has 2 rings (SSSR count). The summed E-state index contributed by atoms with van der Waals surface area (Å²) in [4.78, 5) is 12.1. The maximum atomic E-state index is 11.0. The zero-order valence-corrected chi connectivity index (χ0v) is 12.5. The first kappa shape index (κ1) is 13.4. The Hall–Kier alpha value is -1.04. The van der Waals surface area contributed by atoms with Crippen LogP contribution in [0.3, 0.4) is 0 Å². The van der Waals surface area contributed by atoms with E-state index in [4.69, 9.17) is 22.4 Å². The number of hydrogen-bond acceptors (Lipinski definition) is 3. The topological polar surface area (TPSA) is 63.3 Å². The molecule has 3 N–H and O–H groups in total. The van der Waals surface area contributed by atoms with Crippen molar-refractivity contribution in [2.45, 2.75) is 6.92 Å². The first-order valence-electron chi connectivity index (χ1n) is 4.99. The van der Waals surface area contributed by atoms with Gasteiger partial charge in [0.1, 0.15) is 4.88 Å². The molecule has 1 aromatic carbocycles. The predicted octanol–water partition coefficient (Wildman–Crippen LogP) is 4.42. The highest BCUT2D eigenvalue weighted by atomic mass is 79.9. The van der Waals surface area contributed by atoms with E-state index in [1.807, 2.05) is 19.1 Å². The van der Waals surface area contributed by atoms with Gasteiger partial charge in [-0.2, -0.15) is 0 Å². The quantitative estimate of drug-likeness (QED) is 0.846. The lowest BCUT2D eigenvalue weighted by atomic mass is 10.1. The zero-order valence-electron chi connectivity index (χ0n) is 9.33. The molecule has 0 aliphatic rings. The molecule has 0 fully saturated rings. The normalized spacial score (nSPS) is 10.6. The van der Waals surface area contributed by atoms with Crippen LogP contribution in [-0.4, -0.2) is 11.1 Å². The van der Waals surface area contributed by atoms with Gasteiger partial charge < -0.3 is 10.8 Å². The fourth-order valence-corrected chi connectivity index (χ4v) is 3.16. The van der Waals surface area contributed by atoms with E-state index in [1.165, 1.54) is 11.3 Å². The van der Waals surface area contributed by atoms with Gasteiger partial charge in [-0.3, -0.25) is 0 Å². The summed E-state index contributed by atoms with van der Waals surface area (Å²) in [5.74, 6) is -1.00. The van der Waals surface area contributed by atoms with Gasteiger partial charge in [0, 0.05) is 9.35 Å². The van der Waals surface area contributed by atoms with Crippen LogP contribution in [0.5, 0.6) is 0 Å². The largest absolute Gasteiger partial charge is 0.477 e. The molecule has 0 spiro atoms. The summed E-state index contributed by atoms with van der Waals surface area (Å²) in [5.41, 5.74) is 7.81. The number of aromatic carboxylic acids is 1. The third-order valence-corrected chi connectivity index (χ3v) is 5.13. The van der Waals surface area contributed by atoms with Gasteiger partial charge in [-0.25, -0.2) is 4.79 Å². The zero-order chi connectivity index (χ0) is 13.4. The highest BCUT2D eigenvalue weighted by Gasteiger charge is 2.18. The van der Waals surface area contributed by atoms with E-state index in [-0.39, 0.29) is 4.88 Å². The molecule has 0 radical (unpaired) electrons. The molecule has 1 heterocycles. The fraction of sp³-hybridized carbons (Fsp3) is 0.0833. The molecule has 1 aromatic heterocycles. The van der Waals surface area contributed by atoms with Crippen LogP contribution >= 0.6 is 38.9 Å². The Labute approximate surface area is 121 Å². The molecule has 18 heavy (non-hydrogen) atoms. The van der Waals surface area contributed by atoms with Crippen molar-refractivity contribution in [3.8, 4) is 10.4 Å². The number of carboxylic acid groups (broad SMARTS) is 1. The molecular weight excluding hydrogens is 338 g/mol. The fourth-order valence-electron chi connectivity index (χ4n) is 1.60. The number of benzene rings is 1. The summed E-state index contributed by atoms with van der Waals surface area (Å²) in [6.07, 6.45) is 0. The minimum atomic E-state index is -1.00. The molecule has 0 atom stereocenters. The maximum Gasteiger partial charge on any atom is 0.348 e. The molecule has 0 saturated carbocycles. The second kappa shape index (κ2) is 4.91. The Balaban J connectivity index is 2.61. The van der Waals surface area contributed by atoms with E-state index in [9.17, 15) is 4.79 Å². The van der Waals surface area contributed by atoms with Crippen molar-refractivity contribution in [1.82, 2.24) is 0 Å². The van der Waals surface area contributed by atoms with E-state index in [0.717, 1.165) is 20.5 Å². The number of anilines is 1. The van der Waals surface area contributed by atoms with Gasteiger partial charge in [0.25, 0.3) is 0 Å². The van der Waals surface area contributed by atoms with Gasteiger partial charge in [-0.15, -0.1) is 11.3 Å². The summed E-state index contributed by atoms with van der Waals surface area (Å²) in [6.45, 7) is 1.82. The number of thiophene rings is 1. The van der Waals surface area contributed by atoms with E-state index in [1.54, 1.807) is 6.07 Å². The van der Waals surface area contributed by atoms with Crippen molar-refractivity contribution < 1.29 is 9.90 Å². The molecule has 0 bridgehead atoms. The maximum absolute atomic E-state index is 11.0. The Morgan fingerprint density at radius 3 is 2.67 bits per heavy atom. The molecular formula is C12H9BrClNO2S. The number of halogens is 2. The van der Waals surface area contributed by atoms with Crippen LogP contribution in [0, 0.1) is 6.92 Å². The minimum Gasteiger partial charge on any atom is -0.477 e. The van der Waals surface area contributed by atoms with Crippen LogP contribution in [0.2, 0.25) is 5.02 Å². The summed E-state index contributed by atoms with van der Waals surface area (Å²) < 4.78 is 0.768. The minimum absolute atomic E-state index is 0.175. The van der Waals surface area contributed by atoms with E-state index < -0.39 is 5.97 Å². The first-order chi connectivity index (χ1) is 8.41. The predicted molar refractivity (Wildman–Crippen MR) is 78.6 cm³/mol. The Morgan fingerprint density at radius 2 is 2.17 bits per heavy atom. The first-order valence-corrected chi connectivity index (χ1v) is 6.98. The van der Waals surface area contributed by atoms with Crippen molar-refractivity contribution in [2.75, 3.05) is 5.73 Å². The molecule has 0 amide bonds. The highest BCUT2D eigenvalue weighted by molar-refractivity contribution is 9.10. The Bertz CT molecular complexity index is 639. The molecule has 0 unspecified atom stereocenters. The standard InChI is InChI=1S/C12H9BrClNO2S/c1-5-9(15)11(12(16)17)18-10(5)6-2-3-8(14)7(13)4-6/h2-4H,15H2,1H3,(H,16,17). The smallest absolute Gasteiger partial charge is 0.348 e. The monoisotopic (exact) mass is 345 g/mol. The number of carboxylic acids is 1. The Kier molecular flexibility index (Phi) is 3.66. The third-order valence-electron chi connectivity index (χ3n) is 2.57. The lowest BCUT2D eigenvalue weighted by molar-refractivity contribution is 0.0703. The van der Waals surface area contributed by atoms with Gasteiger partial charge in [-0.05, 0) is 46.1 Å². The van der Waals surface area contributed by atoms with Crippen LogP contribution in [0.15, 0.2) is 22.7 Å². The third kappa shape index (κ3) is 2.25. The van der Waals surface area contributed by atoms with Crippen LogP contribution in [-0.2, 0) is 0 Å². The van der Waals surface area contributed by atoms with E-state index >= 15 is 0 Å². The summed E-state index contributed by atoms with van der Waals surface area (Å²) in [5, 5.41) is 9.66. The highest BCUT2D eigenvalue weighted by Crippen LogP contribution is 2.39. The second-order valence-electron chi connectivity index (χ2n) is 3.73. The van der Waals surface area contributed by atoms with Gasteiger partial charge in [-0.1, -0.05) is 17.7 Å². The molecule has 3 nitrogen and oxygen atoms in total. The van der Waals surface area contributed by atoms with Crippen LogP contribution in [0.1, 0.15) is 15.2 Å². The number of nitrogen functional groups attached to an aromatic ring is 1. The molecule has 2 aromatic rings. The van der Waals surface area contributed by atoms with E-state index in [2.05, 4.69) is 15.9 Å². The summed E-state index contributed by atoms with van der Waals surface area (Å²) in [6, 6.07) is 5.46. The molecule has 0 saturated heterocycles. The number of rotatable bonds is 2. The SMILES string of the molecule is Cc1c(-c2ccc(Cl)c(Br)c2)sc(C(=O)O)c1N. The molecule has 94 valence electrons. The summed E-state index contributed by atoms with van der Waals surface area (Å²) >= 11 is 10.5. The van der Waals surface area contributed by atoms with Gasteiger partial charge in [0.05, 0.1) is 10.7 Å². The van der Waals surface area contributed by atoms with Gasteiger partial charge >= 0.3 is 5.97 Å². The van der Waals surface area contributed by atoms with Crippen LogP contribution in [0.25, 0.3) is 10.4 Å². The molecule has 0 aliphatic carbocycles. The Morgan fingerprint density at radius 1 is 1.50 bits per heavy atom. The van der Waals surface area contributed by atoms with Gasteiger partial charge in [0.2, 0.25) is 0 Å². The van der Waals surface area contributed by atoms with Crippen molar-refractivity contribution in [3.05, 3.63) is 38.1 Å². The average Bonchev–Trinajstić information content (AvgIpc) is 2.60. The van der Waals surface area contributed by atoms with Gasteiger partial charge in [0.15, 0.2) is 0 Å². The lowest BCUT2D eigenvalue weighted by Gasteiger charge is -2.02. The van der Waals surface area contributed by atoms with E-state index in [0.29, 0.717) is 10.7 Å². The second-order valence-corrected chi connectivity index (χ2v) is 6.02. The number of carbonyl (C=O) groups is 1. The van der Waals surface area contributed by atoms with Crippen LogP contribution < -0.4 is 5.73 Å². The number of hydrogen-bond donors (Lipinski definition) is 2. The number of nitrogens with two attached hydrogens (primary N) is 1. The molecule has 0 aliphatic heterocycles. The van der Waals surface area contributed by atoms with Crippen LogP contribution in [0.4, 0.5) is 5.69 Å². The van der Waals surface area contributed by atoms with Crippen molar-refractivity contribution >= 4 is 50.5 Å². The summed E-state index contributed by atoms with van der Waals surface area (Å²) in [7, 11) is 0.